The molecule has 434 valence electrons. The van der Waals surface area contributed by atoms with E-state index in [2.05, 4.69) is 62.5 Å². The van der Waals surface area contributed by atoms with Crippen molar-refractivity contribution in [3.8, 4) is 0 Å². The van der Waals surface area contributed by atoms with Crippen LogP contribution >= 0.6 is 7.82 Å². The number of likely N-dealkylation sites (N-methyl/N-ethyl adjacent to an activating group) is 1. The first kappa shape index (κ1) is 72.0. The molecule has 0 aromatic carbocycles. The Balaban J connectivity index is 5.21. The lowest BCUT2D eigenvalue weighted by atomic mass is 10.0. The molecule has 0 spiro atoms. The van der Waals surface area contributed by atoms with Crippen LogP contribution in [0.3, 0.4) is 0 Å². The summed E-state index contributed by atoms with van der Waals surface area (Å²) in [6, 6.07) is -0.852. The van der Waals surface area contributed by atoms with E-state index in [0.29, 0.717) is 17.4 Å². The highest BCUT2D eigenvalue weighted by Gasteiger charge is 2.30. The normalized spacial score (nSPS) is 14.0. The number of ether oxygens (including phenoxy) is 1. The van der Waals surface area contributed by atoms with Crippen molar-refractivity contribution in [1.82, 2.24) is 5.32 Å². The summed E-state index contributed by atoms with van der Waals surface area (Å²) >= 11 is 0. The monoisotopic (exact) mass is 1060 g/mol. The third-order valence-corrected chi connectivity index (χ3v) is 15.0. The highest BCUT2D eigenvalue weighted by Crippen LogP contribution is 2.43. The third kappa shape index (κ3) is 54.7. The minimum Gasteiger partial charge on any atom is -0.456 e. The molecule has 0 saturated heterocycles. The number of unbranched alkanes of at least 4 members (excludes halogenated alkanes) is 36. The van der Waals surface area contributed by atoms with Crippen LogP contribution in [0, 0.1) is 0 Å². The Morgan fingerprint density at radius 2 is 0.824 bits per heavy atom. The molecule has 0 bridgehead atoms. The number of nitrogens with one attached hydrogen (secondary N) is 1. The number of hydrogen-bond acceptors (Lipinski definition) is 6. The van der Waals surface area contributed by atoms with Crippen molar-refractivity contribution in [2.24, 2.45) is 0 Å². The maximum atomic E-state index is 13.5. The molecule has 0 aliphatic heterocycles. The van der Waals surface area contributed by atoms with Crippen LogP contribution in [0.25, 0.3) is 0 Å². The number of allylic oxidation sites excluding steroid dienone is 7. The Hall–Kier alpha value is -2.03. The van der Waals surface area contributed by atoms with E-state index in [0.717, 1.165) is 77.0 Å². The standard InChI is InChI=1S/C64H121N2O7P/c1-7-10-13-16-19-22-25-28-30-31-32-33-34-35-37-38-41-44-47-50-53-56-63(67)65-61(60-72-74(69,70)71-59-58-66(4,5)6)62(55-52-49-46-43-40-27-24-21-18-15-12-9-3)73-64(68)57-54-51-48-45-42-39-36-29-26-23-20-17-14-11-8-2/h20,23,26,28-30,52,55,61-62H,7-19,21-22,24-25,27,31-51,53-54,56-60H2,1-6H3,(H-,65,67,69,70)/p+1/b23-20+,29-26+,30-28+,55-52-. The van der Waals surface area contributed by atoms with E-state index in [-0.39, 0.29) is 31.5 Å². The van der Waals surface area contributed by atoms with Gasteiger partial charge >= 0.3 is 13.8 Å². The molecule has 0 aliphatic carbocycles. The zero-order valence-corrected chi connectivity index (χ0v) is 50.5. The van der Waals surface area contributed by atoms with E-state index in [4.69, 9.17) is 13.8 Å². The molecular weight excluding hydrogens is 940 g/mol. The maximum absolute atomic E-state index is 13.5. The second-order valence-electron chi connectivity index (χ2n) is 22.6. The summed E-state index contributed by atoms with van der Waals surface area (Å²) < 4.78 is 30.7. The van der Waals surface area contributed by atoms with Crippen LogP contribution in [-0.2, 0) is 27.9 Å². The van der Waals surface area contributed by atoms with Crippen LogP contribution in [0.4, 0.5) is 0 Å². The van der Waals surface area contributed by atoms with Gasteiger partial charge in [0.15, 0.2) is 0 Å². The topological polar surface area (TPSA) is 111 Å². The Labute approximate surface area is 458 Å². The quantitative estimate of drug-likeness (QED) is 0.0156. The van der Waals surface area contributed by atoms with Gasteiger partial charge in [0.1, 0.15) is 19.3 Å². The fourth-order valence-corrected chi connectivity index (χ4v) is 9.84. The average molecular weight is 1060 g/mol. The van der Waals surface area contributed by atoms with Crippen LogP contribution < -0.4 is 5.32 Å². The van der Waals surface area contributed by atoms with Crippen LogP contribution in [0.5, 0.6) is 0 Å². The summed E-state index contributed by atoms with van der Waals surface area (Å²) in [4.78, 5) is 37.7. The van der Waals surface area contributed by atoms with Gasteiger partial charge in [-0.1, -0.05) is 250 Å². The molecule has 0 radical (unpaired) electrons. The Morgan fingerprint density at radius 3 is 1.26 bits per heavy atom. The minimum atomic E-state index is -4.45. The average Bonchev–Trinajstić information content (AvgIpc) is 3.36. The Bertz CT molecular complexity index is 1410. The zero-order chi connectivity index (χ0) is 54.3. The summed E-state index contributed by atoms with van der Waals surface area (Å²) in [5, 5.41) is 3.06. The summed E-state index contributed by atoms with van der Waals surface area (Å²) in [7, 11) is 1.49. The van der Waals surface area contributed by atoms with Crippen LogP contribution in [0.2, 0.25) is 0 Å². The molecule has 0 heterocycles. The molecule has 74 heavy (non-hydrogen) atoms. The van der Waals surface area contributed by atoms with Gasteiger partial charge in [-0.05, 0) is 83.1 Å². The van der Waals surface area contributed by atoms with Crippen molar-refractivity contribution in [1.29, 1.82) is 0 Å². The number of carbonyl (C=O) groups is 2. The first-order chi connectivity index (χ1) is 35.9. The van der Waals surface area contributed by atoms with Gasteiger partial charge in [-0.2, -0.15) is 0 Å². The first-order valence-corrected chi connectivity index (χ1v) is 33.0. The van der Waals surface area contributed by atoms with Gasteiger partial charge in [-0.15, -0.1) is 0 Å². The summed E-state index contributed by atoms with van der Waals surface area (Å²) in [6.45, 7) is 6.99. The molecule has 2 N–H and O–H groups in total. The lowest BCUT2D eigenvalue weighted by Crippen LogP contribution is -2.47. The van der Waals surface area contributed by atoms with E-state index < -0.39 is 20.0 Å². The largest absolute Gasteiger partial charge is 0.472 e. The molecule has 0 rings (SSSR count). The molecule has 3 unspecified atom stereocenters. The molecule has 1 amide bonds. The van der Waals surface area contributed by atoms with Gasteiger partial charge in [0.2, 0.25) is 5.91 Å². The second kappa shape index (κ2) is 54.3. The van der Waals surface area contributed by atoms with Crippen LogP contribution in [0.1, 0.15) is 297 Å². The van der Waals surface area contributed by atoms with E-state index in [9.17, 15) is 19.0 Å². The maximum Gasteiger partial charge on any atom is 0.472 e. The van der Waals surface area contributed by atoms with E-state index in [1.54, 1.807) is 0 Å². The van der Waals surface area contributed by atoms with Gasteiger partial charge in [0.05, 0.1) is 33.8 Å². The number of phosphoric ester groups is 1. The van der Waals surface area contributed by atoms with Crippen molar-refractivity contribution >= 4 is 19.7 Å². The van der Waals surface area contributed by atoms with E-state index in [1.165, 1.54) is 186 Å². The Kier molecular flexibility index (Phi) is 52.8. The van der Waals surface area contributed by atoms with Gasteiger partial charge in [-0.3, -0.25) is 18.6 Å². The zero-order valence-electron chi connectivity index (χ0n) is 49.6. The van der Waals surface area contributed by atoms with E-state index in [1.807, 2.05) is 33.3 Å². The van der Waals surface area contributed by atoms with Gasteiger partial charge < -0.3 is 19.4 Å². The molecule has 3 atom stereocenters. The predicted octanol–water partition coefficient (Wildman–Crippen LogP) is 19.3. The van der Waals surface area contributed by atoms with Crippen LogP contribution in [0.15, 0.2) is 48.6 Å². The first-order valence-electron chi connectivity index (χ1n) is 31.5. The van der Waals surface area contributed by atoms with Crippen molar-refractivity contribution in [2.75, 3.05) is 40.9 Å². The smallest absolute Gasteiger partial charge is 0.456 e. The number of rotatable bonds is 57. The minimum absolute atomic E-state index is 0.0386. The van der Waals surface area contributed by atoms with Crippen molar-refractivity contribution in [3.05, 3.63) is 48.6 Å². The number of esters is 1. The SMILES string of the molecule is CCCCC/C=C/C=C/CCCCCCCCC(=O)OC(/C=C\CCCCCCCCCCCC)C(COP(=O)(O)OCC[N+](C)(C)C)NC(=O)CCCCCCCCCCCCC/C=C/CCCCCCCC. The third-order valence-electron chi connectivity index (χ3n) is 14.0. The summed E-state index contributed by atoms with van der Waals surface area (Å²) in [5.41, 5.74) is 0. The van der Waals surface area contributed by atoms with E-state index >= 15 is 0 Å². The molecule has 0 aliphatic rings. The summed E-state index contributed by atoms with van der Waals surface area (Å²) in [6.07, 6.45) is 66.7. The molecule has 0 aromatic rings. The number of amides is 1. The number of quaternary nitrogens is 1. The fraction of sp³-hybridized carbons (Fsp3) is 0.844. The van der Waals surface area contributed by atoms with Gasteiger partial charge in [-0.25, -0.2) is 4.57 Å². The molecule has 10 heteroatoms. The molecular formula is C64H122N2O7P+. The number of hydrogen-bond donors (Lipinski definition) is 2. The Morgan fingerprint density at radius 1 is 0.473 bits per heavy atom. The molecule has 9 nitrogen and oxygen atoms in total. The number of carbonyl (C=O) groups excluding carboxylic acids is 2. The fourth-order valence-electron chi connectivity index (χ4n) is 9.10. The predicted molar refractivity (Wildman–Crippen MR) is 319 cm³/mol. The lowest BCUT2D eigenvalue weighted by molar-refractivity contribution is -0.870. The molecule has 0 aromatic heterocycles. The highest BCUT2D eigenvalue weighted by atomic mass is 31.2. The lowest BCUT2D eigenvalue weighted by Gasteiger charge is -2.27. The van der Waals surface area contributed by atoms with Crippen LogP contribution in [-0.4, -0.2) is 74.3 Å². The molecule has 0 saturated carbocycles. The van der Waals surface area contributed by atoms with Crippen molar-refractivity contribution in [2.45, 2.75) is 309 Å². The number of phosphoric acid groups is 1. The van der Waals surface area contributed by atoms with Crippen molar-refractivity contribution < 1.29 is 37.3 Å². The number of nitrogens with zero attached hydrogens (tertiary/aromatic N) is 1. The highest BCUT2D eigenvalue weighted by molar-refractivity contribution is 7.47. The van der Waals surface area contributed by atoms with Gasteiger partial charge in [0.25, 0.3) is 0 Å². The molecule has 0 fully saturated rings. The second-order valence-corrected chi connectivity index (χ2v) is 24.1. The van der Waals surface area contributed by atoms with Gasteiger partial charge in [0, 0.05) is 12.8 Å². The van der Waals surface area contributed by atoms with Crippen molar-refractivity contribution in [3.63, 3.8) is 0 Å². The summed E-state index contributed by atoms with van der Waals surface area (Å²) in [5.74, 6) is -0.511.